The van der Waals surface area contributed by atoms with Gasteiger partial charge in [-0.1, -0.05) is 0 Å². The molecule has 1 heterocycles. The molecule has 1 unspecified atom stereocenters. The van der Waals surface area contributed by atoms with Crippen LogP contribution in [0.2, 0.25) is 0 Å². The van der Waals surface area contributed by atoms with Crippen molar-refractivity contribution in [1.82, 2.24) is 20.2 Å². The van der Waals surface area contributed by atoms with Crippen molar-refractivity contribution in [1.29, 1.82) is 0 Å². The maximum atomic E-state index is 5.80. The van der Waals surface area contributed by atoms with Crippen LogP contribution in [-0.2, 0) is 6.54 Å². The van der Waals surface area contributed by atoms with Crippen LogP contribution in [0.15, 0.2) is 0 Å². The highest BCUT2D eigenvalue weighted by molar-refractivity contribution is 5.09. The minimum absolute atomic E-state index is 0.0838. The maximum Gasteiger partial charge on any atom is 0.178 e. The van der Waals surface area contributed by atoms with E-state index in [0.717, 1.165) is 29.5 Å². The van der Waals surface area contributed by atoms with Crippen molar-refractivity contribution in [2.45, 2.75) is 57.5 Å². The van der Waals surface area contributed by atoms with Crippen LogP contribution < -0.4 is 5.73 Å². The van der Waals surface area contributed by atoms with Crippen molar-refractivity contribution in [2.75, 3.05) is 0 Å². The van der Waals surface area contributed by atoms with Crippen molar-refractivity contribution in [3.63, 3.8) is 0 Å². The highest BCUT2D eigenvalue weighted by Crippen LogP contribution is 2.59. The van der Waals surface area contributed by atoms with Gasteiger partial charge in [0.05, 0.1) is 6.54 Å². The van der Waals surface area contributed by atoms with Crippen LogP contribution in [0.3, 0.4) is 0 Å². The molecule has 0 radical (unpaired) electrons. The fourth-order valence-electron chi connectivity index (χ4n) is 5.07. The van der Waals surface area contributed by atoms with Crippen LogP contribution in [0.1, 0.15) is 50.8 Å². The molecule has 4 bridgehead atoms. The molecule has 4 saturated carbocycles. The zero-order chi connectivity index (χ0) is 13.0. The molecular formula is C14H23N5. The molecule has 0 aromatic carbocycles. The van der Waals surface area contributed by atoms with E-state index in [1.807, 2.05) is 6.92 Å². The Kier molecular flexibility index (Phi) is 2.65. The monoisotopic (exact) mass is 261 g/mol. The summed E-state index contributed by atoms with van der Waals surface area (Å²) >= 11 is 0. The maximum absolute atomic E-state index is 5.80. The molecule has 0 amide bonds. The van der Waals surface area contributed by atoms with E-state index in [0.29, 0.717) is 12.5 Å². The Morgan fingerprint density at radius 3 is 2.37 bits per heavy atom. The van der Waals surface area contributed by atoms with E-state index in [2.05, 4.69) is 15.4 Å². The van der Waals surface area contributed by atoms with Gasteiger partial charge in [0.25, 0.3) is 0 Å². The minimum Gasteiger partial charge on any atom is -0.326 e. The van der Waals surface area contributed by atoms with Gasteiger partial charge < -0.3 is 5.73 Å². The van der Waals surface area contributed by atoms with Crippen LogP contribution in [0, 0.1) is 23.7 Å². The molecule has 1 atom stereocenters. The SMILES string of the molecule is CC(N)Cn1nnc(C2C3CC4CC(C3)CC2C4)n1. The Labute approximate surface area is 113 Å². The van der Waals surface area contributed by atoms with Gasteiger partial charge in [-0.2, -0.15) is 4.80 Å². The average molecular weight is 261 g/mol. The molecule has 19 heavy (non-hydrogen) atoms. The van der Waals surface area contributed by atoms with E-state index in [9.17, 15) is 0 Å². The molecule has 4 aliphatic carbocycles. The van der Waals surface area contributed by atoms with Crippen LogP contribution in [0.4, 0.5) is 0 Å². The second-order valence-electron chi connectivity index (χ2n) is 7.14. The van der Waals surface area contributed by atoms with Crippen LogP contribution >= 0.6 is 0 Å². The lowest BCUT2D eigenvalue weighted by Crippen LogP contribution is -2.44. The van der Waals surface area contributed by atoms with Gasteiger partial charge in [0.2, 0.25) is 0 Å². The van der Waals surface area contributed by atoms with Crippen molar-refractivity contribution in [2.24, 2.45) is 29.4 Å². The van der Waals surface area contributed by atoms with Gasteiger partial charge in [-0.3, -0.25) is 0 Å². The first-order valence-electron chi connectivity index (χ1n) is 7.72. The van der Waals surface area contributed by atoms with Gasteiger partial charge in [-0.05, 0) is 67.9 Å². The first-order chi connectivity index (χ1) is 9.19. The molecule has 4 aliphatic rings. The summed E-state index contributed by atoms with van der Waals surface area (Å²) in [7, 11) is 0. The predicted octanol–water partition coefficient (Wildman–Crippen LogP) is 1.56. The number of nitrogens with two attached hydrogens (primary N) is 1. The zero-order valence-electron chi connectivity index (χ0n) is 11.6. The summed E-state index contributed by atoms with van der Waals surface area (Å²) < 4.78 is 0. The molecule has 5 rings (SSSR count). The van der Waals surface area contributed by atoms with E-state index < -0.39 is 0 Å². The van der Waals surface area contributed by atoms with Gasteiger partial charge in [-0.25, -0.2) is 0 Å². The Hall–Kier alpha value is -0.970. The van der Waals surface area contributed by atoms with E-state index in [4.69, 9.17) is 5.73 Å². The molecule has 1 aromatic rings. The van der Waals surface area contributed by atoms with Gasteiger partial charge in [-0.15, -0.1) is 10.2 Å². The number of nitrogens with zero attached hydrogens (tertiary/aromatic N) is 4. The van der Waals surface area contributed by atoms with E-state index in [-0.39, 0.29) is 6.04 Å². The van der Waals surface area contributed by atoms with Crippen molar-refractivity contribution in [3.8, 4) is 0 Å². The molecule has 0 saturated heterocycles. The van der Waals surface area contributed by atoms with E-state index >= 15 is 0 Å². The molecule has 0 spiro atoms. The average Bonchev–Trinajstić information content (AvgIpc) is 2.75. The van der Waals surface area contributed by atoms with Gasteiger partial charge in [0, 0.05) is 12.0 Å². The summed E-state index contributed by atoms with van der Waals surface area (Å²) in [5.74, 6) is 5.22. The summed E-state index contributed by atoms with van der Waals surface area (Å²) in [5, 5.41) is 13.1. The second kappa shape index (κ2) is 4.27. The highest BCUT2D eigenvalue weighted by atomic mass is 15.6. The molecule has 5 nitrogen and oxygen atoms in total. The number of aromatic nitrogens is 4. The first kappa shape index (κ1) is 11.8. The lowest BCUT2D eigenvalue weighted by atomic mass is 9.52. The topological polar surface area (TPSA) is 69.6 Å². The van der Waals surface area contributed by atoms with Crippen LogP contribution in [0.5, 0.6) is 0 Å². The van der Waals surface area contributed by atoms with Gasteiger partial charge in [0.15, 0.2) is 5.82 Å². The first-order valence-corrected chi connectivity index (χ1v) is 7.72. The largest absolute Gasteiger partial charge is 0.326 e. The predicted molar refractivity (Wildman–Crippen MR) is 71.3 cm³/mol. The number of hydrogen-bond acceptors (Lipinski definition) is 4. The van der Waals surface area contributed by atoms with Crippen LogP contribution in [0.25, 0.3) is 0 Å². The van der Waals surface area contributed by atoms with Gasteiger partial charge >= 0.3 is 0 Å². The van der Waals surface area contributed by atoms with E-state index in [1.54, 1.807) is 4.80 Å². The molecule has 2 N–H and O–H groups in total. The second-order valence-corrected chi connectivity index (χ2v) is 7.14. The molecular weight excluding hydrogens is 238 g/mol. The zero-order valence-corrected chi connectivity index (χ0v) is 11.6. The summed E-state index contributed by atoms with van der Waals surface area (Å²) in [6, 6.07) is 0.0838. The normalized spacial score (nSPS) is 41.7. The summed E-state index contributed by atoms with van der Waals surface area (Å²) in [5.41, 5.74) is 5.80. The number of hydrogen-bond donors (Lipinski definition) is 1. The summed E-state index contributed by atoms with van der Waals surface area (Å²) in [6.07, 6.45) is 7.10. The smallest absolute Gasteiger partial charge is 0.178 e. The van der Waals surface area contributed by atoms with Crippen molar-refractivity contribution in [3.05, 3.63) is 5.82 Å². The molecule has 1 aromatic heterocycles. The Bertz CT molecular complexity index is 438. The summed E-state index contributed by atoms with van der Waals surface area (Å²) in [4.78, 5) is 1.69. The fraction of sp³-hybridized carbons (Fsp3) is 0.929. The van der Waals surface area contributed by atoms with Crippen LogP contribution in [-0.4, -0.2) is 26.2 Å². The third kappa shape index (κ3) is 1.98. The van der Waals surface area contributed by atoms with Crippen molar-refractivity contribution < 1.29 is 0 Å². The Balaban J connectivity index is 1.57. The minimum atomic E-state index is 0.0838. The standard InChI is InChI=1S/C14H23N5/c1-8(15)7-19-17-14(16-18-19)13-11-3-9-2-10(5-11)6-12(13)4-9/h8-13H,2-7,15H2,1H3. The molecule has 104 valence electrons. The highest BCUT2D eigenvalue weighted by Gasteiger charge is 2.50. The fourth-order valence-corrected chi connectivity index (χ4v) is 5.07. The third-order valence-corrected chi connectivity index (χ3v) is 5.44. The lowest BCUT2D eigenvalue weighted by molar-refractivity contribution is -0.00575. The number of rotatable bonds is 3. The lowest BCUT2D eigenvalue weighted by Gasteiger charge is -2.53. The molecule has 0 aliphatic heterocycles. The molecule has 4 fully saturated rings. The Morgan fingerprint density at radius 1 is 1.16 bits per heavy atom. The van der Waals surface area contributed by atoms with Crippen molar-refractivity contribution >= 4 is 0 Å². The summed E-state index contributed by atoms with van der Waals surface area (Å²) in [6.45, 7) is 2.65. The third-order valence-electron chi connectivity index (χ3n) is 5.44. The van der Waals surface area contributed by atoms with Gasteiger partial charge in [0.1, 0.15) is 0 Å². The molecule has 5 heteroatoms. The van der Waals surface area contributed by atoms with E-state index in [1.165, 1.54) is 32.1 Å². The Morgan fingerprint density at radius 2 is 1.79 bits per heavy atom. The number of tetrazole rings is 1. The quantitative estimate of drug-likeness (QED) is 0.896.